The third kappa shape index (κ3) is 4.74. The van der Waals surface area contributed by atoms with Crippen molar-refractivity contribution in [1.82, 2.24) is 19.7 Å². The topological polar surface area (TPSA) is 89.2 Å². The molecule has 0 fully saturated rings. The summed E-state index contributed by atoms with van der Waals surface area (Å²) in [5.41, 5.74) is -1.02. The molecule has 2 N–H and O–H groups in total. The third-order valence-electron chi connectivity index (χ3n) is 3.04. The van der Waals surface area contributed by atoms with Crippen LogP contribution in [0.1, 0.15) is 4.88 Å². The summed E-state index contributed by atoms with van der Waals surface area (Å²) in [6.07, 6.45) is -1.52. The minimum absolute atomic E-state index is 0.393. The summed E-state index contributed by atoms with van der Waals surface area (Å²) in [6, 6.07) is 3.85. The number of aromatic nitrogens is 3. The maximum absolute atomic E-state index is 12.8. The Morgan fingerprint density at radius 1 is 1.43 bits per heavy atom. The molecule has 10 heteroatoms. The predicted octanol–water partition coefficient (Wildman–Crippen LogP) is 1.77. The molecule has 0 aliphatic heterocycles. The molecule has 2 rings (SSSR count). The molecule has 0 unspecified atom stereocenters. The number of carbonyl (C=O) groups is 1. The molecule has 0 aromatic carbocycles. The molecule has 0 saturated heterocycles. The fourth-order valence-corrected chi connectivity index (χ4v) is 2.56. The number of nitrogens with one attached hydrogen (secondary N) is 1. The second-order valence-corrected chi connectivity index (χ2v) is 5.65. The quantitative estimate of drug-likeness (QED) is 0.801. The van der Waals surface area contributed by atoms with Gasteiger partial charge >= 0.3 is 11.8 Å². The van der Waals surface area contributed by atoms with Crippen LogP contribution < -0.4 is 11.0 Å². The van der Waals surface area contributed by atoms with Crippen LogP contribution in [0, 0.1) is 0 Å². The van der Waals surface area contributed by atoms with Crippen molar-refractivity contribution in [3.8, 4) is 0 Å². The third-order valence-corrected chi connectivity index (χ3v) is 3.97. The Hall–Kier alpha value is -2.49. The van der Waals surface area contributed by atoms with Gasteiger partial charge in [0.1, 0.15) is 6.33 Å². The smallest absolute Gasteiger partial charge is 0.404 e. The summed E-state index contributed by atoms with van der Waals surface area (Å²) >= 11 is 1.57. The van der Waals surface area contributed by atoms with E-state index in [1.54, 1.807) is 11.3 Å². The molecule has 7 nitrogen and oxygen atoms in total. The van der Waals surface area contributed by atoms with E-state index in [9.17, 15) is 18.4 Å². The number of thiophene rings is 1. The largest absolute Gasteiger partial charge is 0.465 e. The van der Waals surface area contributed by atoms with E-state index in [4.69, 9.17) is 5.11 Å². The molecular formula is C13H14F2N4O3S. The zero-order valence-corrected chi connectivity index (χ0v) is 12.7. The SMILES string of the molecule is O=C(O)NCC(Cn1ncn(CCc2cccs2)c1=O)=C(F)F. The Balaban J connectivity index is 2.04. The number of hydrogen-bond donors (Lipinski definition) is 2. The molecule has 0 atom stereocenters. The summed E-state index contributed by atoms with van der Waals surface area (Å²) < 4.78 is 27.8. The number of hydrogen-bond acceptors (Lipinski definition) is 4. The minimum Gasteiger partial charge on any atom is -0.465 e. The Kier molecular flexibility index (Phi) is 5.63. The van der Waals surface area contributed by atoms with Gasteiger partial charge in [0.25, 0.3) is 6.08 Å². The Bertz CT molecular complexity index is 748. The van der Waals surface area contributed by atoms with Gasteiger partial charge in [-0.3, -0.25) is 4.57 Å². The lowest BCUT2D eigenvalue weighted by Crippen LogP contribution is -2.30. The Morgan fingerprint density at radius 2 is 2.22 bits per heavy atom. The van der Waals surface area contributed by atoms with Crippen molar-refractivity contribution in [2.45, 2.75) is 19.5 Å². The molecule has 0 bridgehead atoms. The summed E-state index contributed by atoms with van der Waals surface area (Å²) in [4.78, 5) is 23.6. The second kappa shape index (κ2) is 7.68. The van der Waals surface area contributed by atoms with Crippen LogP contribution in [0.2, 0.25) is 0 Å². The van der Waals surface area contributed by atoms with Gasteiger partial charge in [0.05, 0.1) is 6.54 Å². The summed E-state index contributed by atoms with van der Waals surface area (Å²) in [6.45, 7) is -0.635. The first-order valence-electron chi connectivity index (χ1n) is 6.62. The van der Waals surface area contributed by atoms with Gasteiger partial charge in [0, 0.05) is 23.5 Å². The average Bonchev–Trinajstić information content (AvgIpc) is 3.11. The van der Waals surface area contributed by atoms with Gasteiger partial charge in [-0.05, 0) is 17.9 Å². The normalized spacial score (nSPS) is 10.5. The van der Waals surface area contributed by atoms with E-state index < -0.39 is 36.5 Å². The highest BCUT2D eigenvalue weighted by molar-refractivity contribution is 7.09. The predicted molar refractivity (Wildman–Crippen MR) is 79.8 cm³/mol. The number of nitrogens with zero attached hydrogens (tertiary/aromatic N) is 3. The molecule has 0 aliphatic carbocycles. The fourth-order valence-electron chi connectivity index (χ4n) is 1.86. The number of carboxylic acid groups (broad SMARTS) is 1. The van der Waals surface area contributed by atoms with Crippen molar-refractivity contribution in [3.63, 3.8) is 0 Å². The van der Waals surface area contributed by atoms with E-state index in [1.807, 2.05) is 22.8 Å². The number of rotatable bonds is 7. The van der Waals surface area contributed by atoms with Gasteiger partial charge < -0.3 is 10.4 Å². The van der Waals surface area contributed by atoms with Gasteiger partial charge in [-0.1, -0.05) is 6.07 Å². The first-order chi connectivity index (χ1) is 11.0. The molecule has 23 heavy (non-hydrogen) atoms. The van der Waals surface area contributed by atoms with Crippen LogP contribution in [0.4, 0.5) is 13.6 Å². The van der Waals surface area contributed by atoms with E-state index in [-0.39, 0.29) is 0 Å². The van der Waals surface area contributed by atoms with Crippen LogP contribution in [0.25, 0.3) is 0 Å². The van der Waals surface area contributed by atoms with Gasteiger partial charge in [-0.15, -0.1) is 11.3 Å². The lowest BCUT2D eigenvalue weighted by Gasteiger charge is -2.05. The lowest BCUT2D eigenvalue weighted by atomic mass is 10.3. The molecular weight excluding hydrogens is 330 g/mol. The van der Waals surface area contributed by atoms with E-state index >= 15 is 0 Å². The maximum atomic E-state index is 12.8. The van der Waals surface area contributed by atoms with Crippen molar-refractivity contribution < 1.29 is 18.7 Å². The fraction of sp³-hybridized carbons (Fsp3) is 0.308. The molecule has 124 valence electrons. The zero-order valence-electron chi connectivity index (χ0n) is 11.9. The van der Waals surface area contributed by atoms with Crippen LogP contribution in [-0.2, 0) is 19.5 Å². The molecule has 0 spiro atoms. The van der Waals surface area contributed by atoms with Crippen molar-refractivity contribution in [3.05, 3.63) is 50.9 Å². The minimum atomic E-state index is -2.03. The summed E-state index contributed by atoms with van der Waals surface area (Å²) in [7, 11) is 0. The van der Waals surface area contributed by atoms with Crippen molar-refractivity contribution in [2.24, 2.45) is 0 Å². The molecule has 2 aromatic rings. The van der Waals surface area contributed by atoms with Crippen molar-refractivity contribution in [1.29, 1.82) is 0 Å². The molecule has 2 aromatic heterocycles. The highest BCUT2D eigenvalue weighted by atomic mass is 32.1. The number of aryl methyl sites for hydroxylation is 2. The van der Waals surface area contributed by atoms with Crippen LogP contribution in [0.3, 0.4) is 0 Å². The van der Waals surface area contributed by atoms with E-state index in [0.717, 1.165) is 9.56 Å². The van der Waals surface area contributed by atoms with E-state index in [0.29, 0.717) is 13.0 Å². The first kappa shape index (κ1) is 16.9. The Labute approximate surface area is 133 Å². The molecule has 2 heterocycles. The number of amides is 1. The molecule has 0 aliphatic rings. The molecule has 1 amide bonds. The highest BCUT2D eigenvalue weighted by Crippen LogP contribution is 2.10. The van der Waals surface area contributed by atoms with Crippen molar-refractivity contribution in [2.75, 3.05) is 6.54 Å². The average molecular weight is 344 g/mol. The summed E-state index contributed by atoms with van der Waals surface area (Å²) in [5, 5.41) is 16.0. The number of halogens is 2. The second-order valence-electron chi connectivity index (χ2n) is 4.62. The van der Waals surface area contributed by atoms with Gasteiger partial charge in [-0.2, -0.15) is 13.9 Å². The maximum Gasteiger partial charge on any atom is 0.404 e. The van der Waals surface area contributed by atoms with Gasteiger partial charge in [0.15, 0.2) is 0 Å². The first-order valence-corrected chi connectivity index (χ1v) is 7.49. The molecule has 0 saturated carbocycles. The van der Waals surface area contributed by atoms with E-state index in [2.05, 4.69) is 5.10 Å². The van der Waals surface area contributed by atoms with Crippen LogP contribution in [-0.4, -0.2) is 32.1 Å². The van der Waals surface area contributed by atoms with Crippen molar-refractivity contribution >= 4 is 17.4 Å². The Morgan fingerprint density at radius 3 is 2.83 bits per heavy atom. The zero-order chi connectivity index (χ0) is 16.8. The van der Waals surface area contributed by atoms with E-state index in [1.165, 1.54) is 10.9 Å². The monoisotopic (exact) mass is 344 g/mol. The van der Waals surface area contributed by atoms with Crippen LogP contribution in [0.5, 0.6) is 0 Å². The standard InChI is InChI=1S/C13H14F2N4O3S/c14-11(15)9(6-16-12(20)21)7-19-13(22)18(8-17-19)4-3-10-2-1-5-23-10/h1-2,5,8,16H,3-4,6-7H2,(H,20,21). The van der Waals surface area contributed by atoms with Crippen LogP contribution in [0.15, 0.2) is 40.3 Å². The summed E-state index contributed by atoms with van der Waals surface area (Å²) in [5.74, 6) is 0. The lowest BCUT2D eigenvalue weighted by molar-refractivity contribution is 0.195. The van der Waals surface area contributed by atoms with Gasteiger partial charge in [-0.25, -0.2) is 14.3 Å². The molecule has 0 radical (unpaired) electrons. The van der Waals surface area contributed by atoms with Gasteiger partial charge in [0.2, 0.25) is 0 Å². The van der Waals surface area contributed by atoms with Crippen LogP contribution >= 0.6 is 11.3 Å². The highest BCUT2D eigenvalue weighted by Gasteiger charge is 2.13.